The summed E-state index contributed by atoms with van der Waals surface area (Å²) in [5.41, 5.74) is 2.70. The summed E-state index contributed by atoms with van der Waals surface area (Å²) in [6.45, 7) is 1.88. The minimum Gasteiger partial charge on any atom is -0.458 e. The highest BCUT2D eigenvalue weighted by Gasteiger charge is 2.45. The van der Waals surface area contributed by atoms with E-state index in [2.05, 4.69) is 0 Å². The topological polar surface area (TPSA) is 98.5 Å². The molecule has 4 aromatic rings. The van der Waals surface area contributed by atoms with Crippen LogP contribution >= 0.6 is 0 Å². The zero-order valence-corrected chi connectivity index (χ0v) is 19.5. The van der Waals surface area contributed by atoms with Crippen LogP contribution in [0.5, 0.6) is 0 Å². The van der Waals surface area contributed by atoms with Crippen LogP contribution in [0.15, 0.2) is 71.5 Å². The fraction of sp³-hybridized carbons (Fsp3) is 0.172. The van der Waals surface area contributed by atoms with Gasteiger partial charge in [-0.2, -0.15) is 0 Å². The van der Waals surface area contributed by atoms with Crippen LogP contribution in [0.3, 0.4) is 0 Å². The van der Waals surface area contributed by atoms with Gasteiger partial charge in [0.25, 0.3) is 5.56 Å². The third kappa shape index (κ3) is 3.31. The van der Waals surface area contributed by atoms with Gasteiger partial charge in [0.05, 0.1) is 29.0 Å². The summed E-state index contributed by atoms with van der Waals surface area (Å²) in [5.74, 6) is -0.828. The molecule has 1 N–H and O–H groups in total. The number of rotatable bonds is 4. The Kier molecular flexibility index (Phi) is 4.98. The average Bonchev–Trinajstić information content (AvgIpc) is 3.26. The summed E-state index contributed by atoms with van der Waals surface area (Å²) in [4.78, 5) is 42.9. The fourth-order valence-corrected chi connectivity index (χ4v) is 4.97. The van der Waals surface area contributed by atoms with Crippen molar-refractivity contribution in [2.45, 2.75) is 32.1 Å². The van der Waals surface area contributed by atoms with E-state index in [4.69, 9.17) is 9.72 Å². The van der Waals surface area contributed by atoms with Crippen LogP contribution in [-0.4, -0.2) is 26.4 Å². The molecule has 0 amide bonds. The van der Waals surface area contributed by atoms with Crippen molar-refractivity contribution in [2.24, 2.45) is 0 Å². The maximum Gasteiger partial charge on any atom is 0.343 e. The van der Waals surface area contributed by atoms with Crippen LogP contribution in [0.25, 0.3) is 28.4 Å². The Morgan fingerprint density at radius 2 is 1.94 bits per heavy atom. The number of pyridine rings is 2. The van der Waals surface area contributed by atoms with Gasteiger partial charge in [-0.15, -0.1) is 0 Å². The molecule has 0 unspecified atom stereocenters. The van der Waals surface area contributed by atoms with Gasteiger partial charge in [-0.25, -0.2) is 9.78 Å². The smallest absolute Gasteiger partial charge is 0.343 e. The van der Waals surface area contributed by atoms with Crippen LogP contribution in [0.1, 0.15) is 46.0 Å². The molecule has 0 spiro atoms. The van der Waals surface area contributed by atoms with Gasteiger partial charge in [0.1, 0.15) is 6.61 Å². The number of ketones is 1. The predicted molar refractivity (Wildman–Crippen MR) is 134 cm³/mol. The van der Waals surface area contributed by atoms with Crippen molar-refractivity contribution < 1.29 is 19.4 Å². The number of hydrogen-bond acceptors (Lipinski definition) is 6. The van der Waals surface area contributed by atoms with E-state index in [9.17, 15) is 19.5 Å². The van der Waals surface area contributed by atoms with E-state index >= 15 is 0 Å². The first-order chi connectivity index (χ1) is 17.4. The van der Waals surface area contributed by atoms with E-state index in [0.29, 0.717) is 40.1 Å². The lowest BCUT2D eigenvalue weighted by Gasteiger charge is -2.31. The molecule has 0 fully saturated rings. The molecule has 0 bridgehead atoms. The van der Waals surface area contributed by atoms with Crippen molar-refractivity contribution in [1.29, 1.82) is 0 Å². The van der Waals surface area contributed by atoms with Crippen molar-refractivity contribution in [1.82, 2.24) is 9.55 Å². The molecule has 0 radical (unpaired) electrons. The van der Waals surface area contributed by atoms with Crippen molar-refractivity contribution >= 4 is 28.7 Å². The second-order valence-corrected chi connectivity index (χ2v) is 9.11. The maximum absolute atomic E-state index is 13.3. The number of nitrogens with zero attached hydrogens (tertiary/aromatic N) is 2. The summed E-state index contributed by atoms with van der Waals surface area (Å²) in [6, 6.07) is 18.5. The first kappa shape index (κ1) is 22.1. The number of aliphatic hydroxyl groups is 1. The number of esters is 1. The lowest BCUT2D eigenvalue weighted by Crippen LogP contribution is -2.44. The highest BCUT2D eigenvalue weighted by atomic mass is 16.6. The molecule has 7 nitrogen and oxygen atoms in total. The predicted octanol–water partition coefficient (Wildman–Crippen LogP) is 3.98. The molecule has 6 rings (SSSR count). The number of ether oxygens (including phenoxy) is 1. The normalized spacial score (nSPS) is 18.1. The number of aromatic nitrogens is 2. The number of fused-ring (bicyclic) bond motifs is 5. The maximum atomic E-state index is 13.3. The number of benzene rings is 2. The molecule has 2 aliphatic heterocycles. The molecule has 1 atom stereocenters. The Morgan fingerprint density at radius 1 is 1.14 bits per heavy atom. The zero-order valence-electron chi connectivity index (χ0n) is 19.5. The monoisotopic (exact) mass is 478 g/mol. The molecule has 2 aromatic carbocycles. The van der Waals surface area contributed by atoms with Gasteiger partial charge in [-0.05, 0) is 36.3 Å². The van der Waals surface area contributed by atoms with E-state index in [1.807, 2.05) is 42.5 Å². The number of allylic oxidation sites excluding steroid dienone is 1. The van der Waals surface area contributed by atoms with Gasteiger partial charge in [0.15, 0.2) is 11.4 Å². The molecule has 2 aromatic heterocycles. The third-order valence-corrected chi connectivity index (χ3v) is 7.02. The van der Waals surface area contributed by atoms with E-state index in [0.717, 1.165) is 16.5 Å². The minimum absolute atomic E-state index is 0.0855. The van der Waals surface area contributed by atoms with E-state index < -0.39 is 11.6 Å². The molecule has 0 aliphatic carbocycles. The Hall–Kier alpha value is -4.36. The Morgan fingerprint density at radius 3 is 2.72 bits per heavy atom. The molecular weight excluding hydrogens is 456 g/mol. The van der Waals surface area contributed by atoms with Crippen LogP contribution in [-0.2, 0) is 28.3 Å². The van der Waals surface area contributed by atoms with E-state index in [1.54, 1.807) is 35.8 Å². The van der Waals surface area contributed by atoms with Gasteiger partial charge in [0, 0.05) is 22.1 Å². The molecule has 0 saturated carbocycles. The second kappa shape index (κ2) is 8.10. The molecule has 0 saturated heterocycles. The Bertz CT molecular complexity index is 1670. The fourth-order valence-electron chi connectivity index (χ4n) is 4.97. The molecule has 178 valence electrons. The average molecular weight is 479 g/mol. The number of carbonyl (C=O) groups is 2. The Balaban J connectivity index is 1.42. The third-order valence-electron chi connectivity index (χ3n) is 7.02. The Labute approximate surface area is 206 Å². The van der Waals surface area contributed by atoms with Crippen molar-refractivity contribution in [3.8, 4) is 11.4 Å². The highest BCUT2D eigenvalue weighted by molar-refractivity contribution is 6.07. The van der Waals surface area contributed by atoms with Gasteiger partial charge >= 0.3 is 5.97 Å². The first-order valence-corrected chi connectivity index (χ1v) is 11.8. The quantitative estimate of drug-likeness (QED) is 0.238. The van der Waals surface area contributed by atoms with Gasteiger partial charge in [-0.1, -0.05) is 55.5 Å². The molecule has 4 heterocycles. The molecule has 2 aliphatic rings. The highest BCUT2D eigenvalue weighted by Crippen LogP contribution is 2.38. The summed E-state index contributed by atoms with van der Waals surface area (Å²) in [6.07, 6.45) is 3.39. The van der Waals surface area contributed by atoms with Crippen molar-refractivity contribution in [2.75, 3.05) is 0 Å². The standard InChI is InChI=1S/C29H22N2O5/c1-2-29(35)22-14-24-26-20(15-31(24)27(33)21(22)16-36-28(29)34)13-19-10-8-17(12-23(19)30-26)9-11-25(32)18-6-4-3-5-7-18/h3-14,35H,2,15-16H2,1H3/t29-/m0/s1. The lowest BCUT2D eigenvalue weighted by molar-refractivity contribution is -0.172. The van der Waals surface area contributed by atoms with E-state index in [1.165, 1.54) is 6.08 Å². The zero-order chi connectivity index (χ0) is 25.0. The van der Waals surface area contributed by atoms with Gasteiger partial charge in [0.2, 0.25) is 0 Å². The van der Waals surface area contributed by atoms with Gasteiger partial charge in [-0.3, -0.25) is 9.59 Å². The summed E-state index contributed by atoms with van der Waals surface area (Å²) in [5, 5.41) is 11.9. The van der Waals surface area contributed by atoms with Crippen molar-refractivity contribution in [3.63, 3.8) is 0 Å². The van der Waals surface area contributed by atoms with Crippen molar-refractivity contribution in [3.05, 3.63) is 105 Å². The van der Waals surface area contributed by atoms with Crippen LogP contribution < -0.4 is 5.56 Å². The van der Waals surface area contributed by atoms with E-state index in [-0.39, 0.29) is 24.4 Å². The van der Waals surface area contributed by atoms with Crippen LogP contribution in [0.2, 0.25) is 0 Å². The lowest BCUT2D eigenvalue weighted by atomic mass is 9.86. The summed E-state index contributed by atoms with van der Waals surface area (Å²) >= 11 is 0. The van der Waals surface area contributed by atoms with Crippen LogP contribution in [0.4, 0.5) is 0 Å². The molecule has 7 heteroatoms. The summed E-state index contributed by atoms with van der Waals surface area (Å²) in [7, 11) is 0. The van der Waals surface area contributed by atoms with Crippen LogP contribution in [0, 0.1) is 0 Å². The SMILES string of the molecule is CC[C@@]1(O)C(=O)OCc2c1cc1n(c2=O)Cc2cc3ccc(C=CC(=O)c4ccccc4)cc3nc2-1. The number of cyclic esters (lactones) is 1. The first-order valence-electron chi connectivity index (χ1n) is 11.8. The summed E-state index contributed by atoms with van der Waals surface area (Å²) < 4.78 is 6.74. The second-order valence-electron chi connectivity index (χ2n) is 9.11. The molecular formula is C29H22N2O5. The largest absolute Gasteiger partial charge is 0.458 e. The number of carbonyl (C=O) groups excluding carboxylic acids is 2. The minimum atomic E-state index is -1.86. The molecule has 36 heavy (non-hydrogen) atoms. The van der Waals surface area contributed by atoms with Gasteiger partial charge < -0.3 is 14.4 Å². The number of hydrogen-bond donors (Lipinski definition) is 1.